The standard InChI is InChI=1S/C31H40N2O6/c1-30(2,3)17-16-24-25(34)26(39-31(4,5)38-24)27(37-6)29(36)33-23-15-13-21-18-20(19-10-8-7-9-11-19)12-14-22(21)32-28(23)35/h7-12,14,16-18,23-27,34H,13,15H2,1-6H3,(H,32,35)(H,33,36)/t23?,24-,25+,26-,27-/m1/s1. The molecule has 2 aromatic carbocycles. The summed E-state index contributed by atoms with van der Waals surface area (Å²) in [5, 5.41) is 16.9. The van der Waals surface area contributed by atoms with Crippen LogP contribution in [0.4, 0.5) is 5.69 Å². The Morgan fingerprint density at radius 2 is 1.87 bits per heavy atom. The van der Waals surface area contributed by atoms with Crippen molar-refractivity contribution in [3.05, 3.63) is 66.2 Å². The van der Waals surface area contributed by atoms with E-state index in [1.807, 2.05) is 69.3 Å². The Bertz CT molecular complexity index is 1200. The van der Waals surface area contributed by atoms with E-state index in [1.54, 1.807) is 19.9 Å². The molecule has 1 fully saturated rings. The molecule has 4 rings (SSSR count). The molecule has 2 amide bonds. The predicted molar refractivity (Wildman–Crippen MR) is 150 cm³/mol. The fraction of sp³-hybridized carbons (Fsp3) is 0.484. The van der Waals surface area contributed by atoms with Gasteiger partial charge in [0, 0.05) is 12.8 Å². The van der Waals surface area contributed by atoms with Gasteiger partial charge >= 0.3 is 0 Å². The van der Waals surface area contributed by atoms with Crippen LogP contribution in [0.3, 0.4) is 0 Å². The number of allylic oxidation sites excluding steroid dienone is 1. The quantitative estimate of drug-likeness (QED) is 0.478. The number of hydrogen-bond acceptors (Lipinski definition) is 6. The third-order valence-corrected chi connectivity index (χ3v) is 6.92. The smallest absolute Gasteiger partial charge is 0.252 e. The average Bonchev–Trinajstić information content (AvgIpc) is 3.03. The number of hydrogen-bond donors (Lipinski definition) is 3. The highest BCUT2D eigenvalue weighted by atomic mass is 16.7. The van der Waals surface area contributed by atoms with E-state index in [0.717, 1.165) is 22.4 Å². The number of aryl methyl sites for hydroxylation is 1. The molecule has 0 radical (unpaired) electrons. The van der Waals surface area contributed by atoms with Crippen molar-refractivity contribution in [1.82, 2.24) is 5.32 Å². The van der Waals surface area contributed by atoms with Crippen LogP contribution in [0.15, 0.2) is 60.7 Å². The van der Waals surface area contributed by atoms with Crippen molar-refractivity contribution in [2.24, 2.45) is 5.41 Å². The molecular formula is C31H40N2O6. The van der Waals surface area contributed by atoms with E-state index in [-0.39, 0.29) is 11.3 Å². The first-order chi connectivity index (χ1) is 18.4. The minimum absolute atomic E-state index is 0.120. The lowest BCUT2D eigenvalue weighted by atomic mass is 9.93. The van der Waals surface area contributed by atoms with Crippen LogP contribution in [-0.4, -0.2) is 60.3 Å². The van der Waals surface area contributed by atoms with Crippen LogP contribution in [0, 0.1) is 5.41 Å². The second kappa shape index (κ2) is 11.6. The van der Waals surface area contributed by atoms with Crippen molar-refractivity contribution in [3.8, 4) is 11.1 Å². The van der Waals surface area contributed by atoms with Crippen molar-refractivity contribution >= 4 is 17.5 Å². The molecule has 8 heteroatoms. The minimum atomic E-state index is -1.16. The fourth-order valence-electron chi connectivity index (χ4n) is 4.95. The zero-order chi connectivity index (χ0) is 28.4. The number of anilines is 1. The third-order valence-electron chi connectivity index (χ3n) is 6.92. The SMILES string of the molecule is CO[C@@H](C(=O)NC1CCc2cc(-c3ccccc3)ccc2NC1=O)[C@@H]1OC(C)(C)O[C@H](C=CC(C)(C)C)[C@@H]1O. The maximum atomic E-state index is 13.4. The van der Waals surface area contributed by atoms with Crippen molar-refractivity contribution in [3.63, 3.8) is 0 Å². The summed E-state index contributed by atoms with van der Waals surface area (Å²) in [6.45, 7) is 9.59. The Balaban J connectivity index is 1.48. The summed E-state index contributed by atoms with van der Waals surface area (Å²) in [6.07, 6.45) is 0.752. The molecule has 5 atom stereocenters. The molecular weight excluding hydrogens is 496 g/mol. The maximum Gasteiger partial charge on any atom is 0.252 e. The van der Waals surface area contributed by atoms with Gasteiger partial charge in [0.15, 0.2) is 11.9 Å². The molecule has 0 saturated carbocycles. The number of rotatable bonds is 6. The van der Waals surface area contributed by atoms with Gasteiger partial charge in [-0.3, -0.25) is 9.59 Å². The molecule has 2 aliphatic rings. The van der Waals surface area contributed by atoms with Crippen molar-refractivity contribution in [1.29, 1.82) is 0 Å². The Hall–Kier alpha value is -3.04. The second-order valence-electron chi connectivity index (χ2n) is 11.8. The van der Waals surface area contributed by atoms with Gasteiger partial charge < -0.3 is 30.0 Å². The van der Waals surface area contributed by atoms with Crippen LogP contribution < -0.4 is 10.6 Å². The fourth-order valence-corrected chi connectivity index (χ4v) is 4.95. The summed E-state index contributed by atoms with van der Waals surface area (Å²) in [4.78, 5) is 26.5. The summed E-state index contributed by atoms with van der Waals surface area (Å²) in [5.74, 6) is -1.90. The molecule has 1 saturated heterocycles. The van der Waals surface area contributed by atoms with Crippen LogP contribution in [0.25, 0.3) is 11.1 Å². The van der Waals surface area contributed by atoms with Crippen molar-refractivity contribution < 1.29 is 28.9 Å². The number of carbonyl (C=O) groups is 2. The minimum Gasteiger partial charge on any atom is -0.387 e. The van der Waals surface area contributed by atoms with Crippen molar-refractivity contribution in [2.75, 3.05) is 12.4 Å². The van der Waals surface area contributed by atoms with E-state index in [4.69, 9.17) is 14.2 Å². The normalized spacial score (nSPS) is 25.9. The first kappa shape index (κ1) is 29.0. The predicted octanol–water partition coefficient (Wildman–Crippen LogP) is 4.22. The first-order valence-electron chi connectivity index (χ1n) is 13.4. The molecule has 0 spiro atoms. The van der Waals surface area contributed by atoms with E-state index in [2.05, 4.69) is 16.7 Å². The van der Waals surface area contributed by atoms with E-state index in [0.29, 0.717) is 12.8 Å². The van der Waals surface area contributed by atoms with E-state index in [9.17, 15) is 14.7 Å². The lowest BCUT2D eigenvalue weighted by molar-refractivity contribution is -0.334. The van der Waals surface area contributed by atoms with Crippen LogP contribution in [-0.2, 0) is 30.2 Å². The first-order valence-corrected chi connectivity index (χ1v) is 13.4. The van der Waals surface area contributed by atoms with Gasteiger partial charge in [0.2, 0.25) is 5.91 Å². The van der Waals surface area contributed by atoms with Gasteiger partial charge in [-0.2, -0.15) is 0 Å². The van der Waals surface area contributed by atoms with Gasteiger partial charge in [0.1, 0.15) is 24.4 Å². The van der Waals surface area contributed by atoms with Gasteiger partial charge in [-0.05, 0) is 60.9 Å². The molecule has 1 unspecified atom stereocenters. The highest BCUT2D eigenvalue weighted by Crippen LogP contribution is 2.32. The highest BCUT2D eigenvalue weighted by molar-refractivity contribution is 5.99. The van der Waals surface area contributed by atoms with Gasteiger partial charge in [-0.15, -0.1) is 0 Å². The van der Waals surface area contributed by atoms with Crippen LogP contribution >= 0.6 is 0 Å². The van der Waals surface area contributed by atoms with Gasteiger partial charge in [0.25, 0.3) is 5.91 Å². The molecule has 0 bridgehead atoms. The Morgan fingerprint density at radius 1 is 1.15 bits per heavy atom. The molecule has 210 valence electrons. The highest BCUT2D eigenvalue weighted by Gasteiger charge is 2.48. The van der Waals surface area contributed by atoms with Crippen LogP contribution in [0.1, 0.15) is 46.6 Å². The zero-order valence-electron chi connectivity index (χ0n) is 23.6. The number of fused-ring (bicyclic) bond motifs is 1. The number of amides is 2. The molecule has 2 heterocycles. The summed E-state index contributed by atoms with van der Waals surface area (Å²) >= 11 is 0. The Kier molecular flexibility index (Phi) is 8.61. The van der Waals surface area contributed by atoms with E-state index >= 15 is 0 Å². The van der Waals surface area contributed by atoms with Crippen LogP contribution in [0.2, 0.25) is 0 Å². The van der Waals surface area contributed by atoms with Gasteiger partial charge in [-0.1, -0.05) is 69.3 Å². The third kappa shape index (κ3) is 7.13. The number of aliphatic hydroxyl groups excluding tert-OH is 1. The van der Waals surface area contributed by atoms with E-state index < -0.39 is 42.2 Å². The topological polar surface area (TPSA) is 106 Å². The molecule has 0 aliphatic carbocycles. The number of methoxy groups -OCH3 is 1. The van der Waals surface area contributed by atoms with Gasteiger partial charge in [-0.25, -0.2) is 0 Å². The molecule has 0 aromatic heterocycles. The molecule has 39 heavy (non-hydrogen) atoms. The van der Waals surface area contributed by atoms with Gasteiger partial charge in [0.05, 0.1) is 0 Å². The molecule has 8 nitrogen and oxygen atoms in total. The number of benzene rings is 2. The molecule has 3 N–H and O–H groups in total. The largest absolute Gasteiger partial charge is 0.387 e. The monoisotopic (exact) mass is 536 g/mol. The van der Waals surface area contributed by atoms with Crippen LogP contribution in [0.5, 0.6) is 0 Å². The maximum absolute atomic E-state index is 13.4. The number of ether oxygens (including phenoxy) is 3. The number of aliphatic hydroxyl groups is 1. The molecule has 2 aromatic rings. The number of nitrogens with one attached hydrogen (secondary N) is 2. The Morgan fingerprint density at radius 3 is 2.54 bits per heavy atom. The summed E-state index contributed by atoms with van der Waals surface area (Å²) in [6, 6.07) is 15.2. The lowest BCUT2D eigenvalue weighted by Crippen LogP contribution is -2.61. The average molecular weight is 537 g/mol. The zero-order valence-corrected chi connectivity index (χ0v) is 23.6. The Labute approximate surface area is 230 Å². The van der Waals surface area contributed by atoms with Crippen molar-refractivity contribution in [2.45, 2.75) is 83.7 Å². The number of carbonyl (C=O) groups excluding carboxylic acids is 2. The summed E-state index contributed by atoms with van der Waals surface area (Å²) < 4.78 is 17.4. The molecule has 2 aliphatic heterocycles. The van der Waals surface area contributed by atoms with E-state index in [1.165, 1.54) is 7.11 Å². The summed E-state index contributed by atoms with van der Waals surface area (Å²) in [7, 11) is 1.39. The lowest BCUT2D eigenvalue weighted by Gasteiger charge is -2.45. The summed E-state index contributed by atoms with van der Waals surface area (Å²) in [5.41, 5.74) is 3.78. The second-order valence-corrected chi connectivity index (χ2v) is 11.8.